The number of carbonyl (C=O) groups is 1. The van der Waals surface area contributed by atoms with Crippen molar-refractivity contribution in [2.75, 3.05) is 6.54 Å². The second-order valence-corrected chi connectivity index (χ2v) is 6.06. The quantitative estimate of drug-likeness (QED) is 0.718. The van der Waals surface area contributed by atoms with E-state index in [9.17, 15) is 4.79 Å². The minimum absolute atomic E-state index is 0.0122. The highest BCUT2D eigenvalue weighted by atomic mass is 16.5. The van der Waals surface area contributed by atoms with Crippen LogP contribution in [0, 0.1) is 6.92 Å². The van der Waals surface area contributed by atoms with Crippen molar-refractivity contribution in [2.45, 2.75) is 33.4 Å². The van der Waals surface area contributed by atoms with Gasteiger partial charge in [0, 0.05) is 6.54 Å². The van der Waals surface area contributed by atoms with Crippen LogP contribution in [0.3, 0.4) is 0 Å². The molecule has 1 aromatic heterocycles. The van der Waals surface area contributed by atoms with Gasteiger partial charge >= 0.3 is 0 Å². The summed E-state index contributed by atoms with van der Waals surface area (Å²) < 4.78 is 7.82. The van der Waals surface area contributed by atoms with Gasteiger partial charge in [0.05, 0.1) is 11.0 Å². The van der Waals surface area contributed by atoms with Crippen molar-refractivity contribution in [2.24, 2.45) is 0 Å². The Hall–Kier alpha value is -2.82. The molecule has 5 nitrogen and oxygen atoms in total. The van der Waals surface area contributed by atoms with E-state index in [4.69, 9.17) is 4.74 Å². The summed E-state index contributed by atoms with van der Waals surface area (Å²) in [6.07, 6.45) is 0.916. The molecule has 1 N–H and O–H groups in total. The van der Waals surface area contributed by atoms with Gasteiger partial charge in [-0.25, -0.2) is 4.98 Å². The normalized spacial score (nSPS) is 10.8. The maximum atomic E-state index is 12.2. The molecule has 1 amide bonds. The van der Waals surface area contributed by atoms with Crippen LogP contribution in [0.15, 0.2) is 48.5 Å². The number of hydrogen-bond donors (Lipinski definition) is 1. The summed E-state index contributed by atoms with van der Waals surface area (Å²) in [7, 11) is 0. The van der Waals surface area contributed by atoms with Gasteiger partial charge in [-0.1, -0.05) is 31.2 Å². The third-order valence-electron chi connectivity index (χ3n) is 3.96. The lowest BCUT2D eigenvalue weighted by molar-refractivity contribution is -0.121. The van der Waals surface area contributed by atoms with Gasteiger partial charge in [0.1, 0.15) is 24.7 Å². The number of benzene rings is 2. The van der Waals surface area contributed by atoms with E-state index >= 15 is 0 Å². The first kappa shape index (κ1) is 17.0. The first-order valence-corrected chi connectivity index (χ1v) is 8.57. The largest absolute Gasteiger partial charge is 0.486 e. The zero-order valence-corrected chi connectivity index (χ0v) is 14.7. The maximum Gasteiger partial charge on any atom is 0.240 e. The smallest absolute Gasteiger partial charge is 0.240 e. The van der Waals surface area contributed by atoms with Crippen LogP contribution in [0.1, 0.15) is 24.7 Å². The summed E-state index contributed by atoms with van der Waals surface area (Å²) in [6.45, 7) is 5.31. The van der Waals surface area contributed by atoms with Crippen LogP contribution in [-0.4, -0.2) is 22.0 Å². The first-order valence-electron chi connectivity index (χ1n) is 8.57. The summed E-state index contributed by atoms with van der Waals surface area (Å²) in [5.74, 6) is 1.53. The lowest BCUT2D eigenvalue weighted by Crippen LogP contribution is -2.28. The zero-order valence-electron chi connectivity index (χ0n) is 14.7. The van der Waals surface area contributed by atoms with Gasteiger partial charge in [0.2, 0.25) is 5.91 Å². The molecule has 0 saturated heterocycles. The average Bonchev–Trinajstić information content (AvgIpc) is 2.96. The number of para-hydroxylation sites is 2. The first-order chi connectivity index (χ1) is 12.2. The molecular weight excluding hydrogens is 314 g/mol. The minimum Gasteiger partial charge on any atom is -0.486 e. The fourth-order valence-electron chi connectivity index (χ4n) is 2.73. The molecule has 5 heteroatoms. The second-order valence-electron chi connectivity index (χ2n) is 6.06. The molecule has 130 valence electrons. The molecule has 0 fully saturated rings. The Morgan fingerprint density at radius 1 is 1.20 bits per heavy atom. The van der Waals surface area contributed by atoms with Crippen LogP contribution in [0.5, 0.6) is 5.75 Å². The number of ether oxygens (including phenoxy) is 1. The monoisotopic (exact) mass is 337 g/mol. The third kappa shape index (κ3) is 4.18. The van der Waals surface area contributed by atoms with Crippen molar-refractivity contribution in [1.29, 1.82) is 0 Å². The molecule has 3 rings (SSSR count). The molecule has 0 unspecified atom stereocenters. The Morgan fingerprint density at radius 3 is 2.84 bits per heavy atom. The Bertz CT molecular complexity index is 870. The van der Waals surface area contributed by atoms with Crippen LogP contribution in [-0.2, 0) is 17.9 Å². The van der Waals surface area contributed by atoms with Crippen LogP contribution < -0.4 is 10.1 Å². The van der Waals surface area contributed by atoms with Crippen LogP contribution in [0.2, 0.25) is 0 Å². The van der Waals surface area contributed by atoms with Crippen molar-refractivity contribution >= 4 is 16.9 Å². The van der Waals surface area contributed by atoms with Gasteiger partial charge in [0.25, 0.3) is 0 Å². The lowest BCUT2D eigenvalue weighted by Gasteiger charge is -2.11. The highest BCUT2D eigenvalue weighted by Gasteiger charge is 2.14. The molecule has 0 atom stereocenters. The van der Waals surface area contributed by atoms with Crippen LogP contribution >= 0.6 is 0 Å². The maximum absolute atomic E-state index is 12.2. The van der Waals surface area contributed by atoms with Gasteiger partial charge in [-0.2, -0.15) is 0 Å². The van der Waals surface area contributed by atoms with E-state index in [-0.39, 0.29) is 12.5 Å². The number of imidazole rings is 1. The lowest BCUT2D eigenvalue weighted by atomic mass is 10.2. The average molecular weight is 337 g/mol. The van der Waals surface area contributed by atoms with Crippen molar-refractivity contribution in [3.63, 3.8) is 0 Å². The molecule has 25 heavy (non-hydrogen) atoms. The number of aryl methyl sites for hydroxylation is 1. The predicted molar refractivity (Wildman–Crippen MR) is 98.5 cm³/mol. The van der Waals surface area contributed by atoms with Crippen LogP contribution in [0.4, 0.5) is 0 Å². The van der Waals surface area contributed by atoms with E-state index in [1.54, 1.807) is 0 Å². The SMILES string of the molecule is CCCNC(=O)Cn1c(COc2cccc(C)c2)nc2ccccc21. The number of hydrogen-bond acceptors (Lipinski definition) is 3. The van der Waals surface area contributed by atoms with Gasteiger partial charge in [-0.05, 0) is 43.2 Å². The minimum atomic E-state index is -0.0122. The van der Waals surface area contributed by atoms with Crippen LogP contribution in [0.25, 0.3) is 11.0 Å². The third-order valence-corrected chi connectivity index (χ3v) is 3.96. The molecule has 0 aliphatic rings. The Labute approximate surface area is 147 Å². The topological polar surface area (TPSA) is 56.2 Å². The standard InChI is InChI=1S/C20H23N3O2/c1-3-11-21-20(24)13-23-18-10-5-4-9-17(18)22-19(23)14-25-16-8-6-7-15(2)12-16/h4-10,12H,3,11,13-14H2,1-2H3,(H,21,24). The van der Waals surface area contributed by atoms with E-state index in [2.05, 4.69) is 10.3 Å². The van der Waals surface area contributed by atoms with E-state index < -0.39 is 0 Å². The van der Waals surface area contributed by atoms with Crippen molar-refractivity contribution in [1.82, 2.24) is 14.9 Å². The molecular formula is C20H23N3O2. The molecule has 0 aliphatic carbocycles. The highest BCUT2D eigenvalue weighted by Crippen LogP contribution is 2.19. The van der Waals surface area contributed by atoms with Crippen molar-refractivity contribution < 1.29 is 9.53 Å². The number of rotatable bonds is 7. The summed E-state index contributed by atoms with van der Waals surface area (Å²) in [5, 5.41) is 2.92. The number of fused-ring (bicyclic) bond motifs is 1. The Balaban J connectivity index is 1.83. The molecule has 2 aromatic carbocycles. The molecule has 0 bridgehead atoms. The Kier molecular flexibility index (Phi) is 5.33. The van der Waals surface area contributed by atoms with Gasteiger partial charge in [0.15, 0.2) is 0 Å². The molecule has 0 spiro atoms. The van der Waals surface area contributed by atoms with Gasteiger partial charge < -0.3 is 14.6 Å². The number of carbonyl (C=O) groups excluding carboxylic acids is 1. The number of amides is 1. The fourth-order valence-corrected chi connectivity index (χ4v) is 2.73. The van der Waals surface area contributed by atoms with Gasteiger partial charge in [-0.15, -0.1) is 0 Å². The Morgan fingerprint density at radius 2 is 2.04 bits per heavy atom. The molecule has 0 aliphatic heterocycles. The number of nitrogens with zero attached hydrogens (tertiary/aromatic N) is 2. The second kappa shape index (κ2) is 7.83. The summed E-state index contributed by atoms with van der Waals surface area (Å²) in [4.78, 5) is 16.8. The van der Waals surface area contributed by atoms with E-state index in [0.717, 1.165) is 34.6 Å². The van der Waals surface area contributed by atoms with E-state index in [0.29, 0.717) is 13.2 Å². The molecule has 3 aromatic rings. The summed E-state index contributed by atoms with van der Waals surface area (Å²) in [6, 6.07) is 15.7. The summed E-state index contributed by atoms with van der Waals surface area (Å²) >= 11 is 0. The van der Waals surface area contributed by atoms with E-state index in [1.807, 2.05) is 66.9 Å². The van der Waals surface area contributed by atoms with E-state index in [1.165, 1.54) is 0 Å². The highest BCUT2D eigenvalue weighted by molar-refractivity contribution is 5.81. The number of aromatic nitrogens is 2. The zero-order chi connectivity index (χ0) is 17.6. The summed E-state index contributed by atoms with van der Waals surface area (Å²) in [5.41, 5.74) is 2.95. The number of nitrogens with one attached hydrogen (secondary N) is 1. The molecule has 1 heterocycles. The predicted octanol–water partition coefficient (Wildman–Crippen LogP) is 3.45. The van der Waals surface area contributed by atoms with Crippen molar-refractivity contribution in [3.8, 4) is 5.75 Å². The molecule has 0 radical (unpaired) electrons. The van der Waals surface area contributed by atoms with Gasteiger partial charge in [-0.3, -0.25) is 4.79 Å². The molecule has 0 saturated carbocycles. The van der Waals surface area contributed by atoms with Crippen molar-refractivity contribution in [3.05, 3.63) is 59.9 Å². The fraction of sp³-hybridized carbons (Fsp3) is 0.300.